The Balaban J connectivity index is 1.14. The summed E-state index contributed by atoms with van der Waals surface area (Å²) < 4.78 is 17.3. The van der Waals surface area contributed by atoms with Crippen molar-refractivity contribution in [1.82, 2.24) is 35.1 Å². The molecule has 2 aromatic heterocycles. The van der Waals surface area contributed by atoms with Gasteiger partial charge in [0.2, 0.25) is 5.91 Å². The van der Waals surface area contributed by atoms with Crippen molar-refractivity contribution in [2.24, 2.45) is 0 Å². The minimum Gasteiger partial charge on any atom is -0.488 e. The average Bonchev–Trinajstić information content (AvgIpc) is 3.80. The Morgan fingerprint density at radius 3 is 2.47 bits per heavy atom. The number of imidazole rings is 2. The second-order valence-corrected chi connectivity index (χ2v) is 12.9. The summed E-state index contributed by atoms with van der Waals surface area (Å²) >= 11 is 6.75. The van der Waals surface area contributed by atoms with Crippen LogP contribution in [0, 0.1) is 0 Å². The summed E-state index contributed by atoms with van der Waals surface area (Å²) in [5.41, 5.74) is 7.25. The molecule has 0 spiro atoms. The van der Waals surface area contributed by atoms with Crippen LogP contribution in [0.2, 0.25) is 5.15 Å². The highest BCUT2D eigenvalue weighted by molar-refractivity contribution is 6.32. The minimum absolute atomic E-state index is 0.149. The van der Waals surface area contributed by atoms with Gasteiger partial charge in [0.05, 0.1) is 31.1 Å². The molecule has 13 heteroatoms. The maximum Gasteiger partial charge on any atom is 0.407 e. The first-order valence-electron chi connectivity index (χ1n) is 15.9. The lowest BCUT2D eigenvalue weighted by Crippen LogP contribution is -2.40. The second-order valence-electron chi connectivity index (χ2n) is 12.5. The van der Waals surface area contributed by atoms with E-state index in [1.807, 2.05) is 19.1 Å². The summed E-state index contributed by atoms with van der Waals surface area (Å²) in [7, 11) is 3.39. The van der Waals surface area contributed by atoms with Crippen molar-refractivity contribution >= 4 is 23.6 Å². The number of nitrogens with zero attached hydrogens (tertiary/aromatic N) is 4. The molecule has 5 heterocycles. The van der Waals surface area contributed by atoms with E-state index in [1.54, 1.807) is 11.1 Å². The fourth-order valence-electron chi connectivity index (χ4n) is 6.83. The predicted molar refractivity (Wildman–Crippen MR) is 176 cm³/mol. The monoisotopic (exact) mass is 659 g/mol. The van der Waals surface area contributed by atoms with Crippen LogP contribution in [0.25, 0.3) is 33.6 Å². The van der Waals surface area contributed by atoms with Crippen molar-refractivity contribution in [1.29, 1.82) is 0 Å². The Hall–Kier alpha value is -4.55. The van der Waals surface area contributed by atoms with E-state index in [-0.39, 0.29) is 24.5 Å². The van der Waals surface area contributed by atoms with E-state index in [9.17, 15) is 9.59 Å². The number of methoxy groups -OCH3 is 1. The Bertz CT molecular complexity index is 1820. The molecule has 0 unspecified atom stereocenters. The fraction of sp³-hybridized carbons (Fsp3) is 0.412. The van der Waals surface area contributed by atoms with Gasteiger partial charge in [0, 0.05) is 39.9 Å². The standard InChI is InChI=1S/C34H38ClN7O5/c1-5-8-42(27(43)15-37-33(44)45-4)16-26-36-14-23(38-26)19-10-21-17-47-25-13-20(11-22-18-46-24(12-19)28(21)29(22)25)30-31(35)40-32(39-30)34(2)7-6-9-41(34)3/h10-14H,5-9,15-18H2,1-4H3,(H,36,38)(H,37,44)(H,39,40)/t34-/m0/s1. The highest BCUT2D eigenvalue weighted by Gasteiger charge is 2.39. The number of ether oxygens (including phenoxy) is 3. The number of carbonyl (C=O) groups excluding carboxylic acids is 2. The van der Waals surface area contributed by atoms with Crippen molar-refractivity contribution in [3.8, 4) is 45.1 Å². The number of aromatic amines is 2. The lowest BCUT2D eigenvalue weighted by atomic mass is 9.87. The van der Waals surface area contributed by atoms with Gasteiger partial charge in [-0.1, -0.05) is 18.5 Å². The zero-order valence-corrected chi connectivity index (χ0v) is 27.7. The SMILES string of the molecule is CCCN(Cc1ncc(-c2cc3c4c(c2)OCc2cc(-c5nc([C@]6(C)CCCN6C)[nH]c5Cl)cc(c2-4)OC3)[nH]1)C(=O)CNC(=O)OC. The fourth-order valence-corrected chi connectivity index (χ4v) is 7.07. The van der Waals surface area contributed by atoms with Crippen molar-refractivity contribution in [3.05, 3.63) is 58.4 Å². The molecule has 7 rings (SSSR count). The molecule has 4 aromatic rings. The first-order chi connectivity index (χ1) is 22.7. The number of nitrogens with one attached hydrogen (secondary N) is 3. The number of benzene rings is 2. The summed E-state index contributed by atoms with van der Waals surface area (Å²) in [5.74, 6) is 2.87. The molecular weight excluding hydrogens is 622 g/mol. The van der Waals surface area contributed by atoms with Crippen molar-refractivity contribution in [3.63, 3.8) is 0 Å². The summed E-state index contributed by atoms with van der Waals surface area (Å²) in [6.07, 6.45) is 4.02. The van der Waals surface area contributed by atoms with Gasteiger partial charge in [-0.05, 0) is 64.0 Å². The molecule has 3 N–H and O–H groups in total. The molecule has 246 valence electrons. The summed E-state index contributed by atoms with van der Waals surface area (Å²) in [6.45, 7) is 6.65. The van der Waals surface area contributed by atoms with Gasteiger partial charge in [-0.3, -0.25) is 9.69 Å². The molecule has 0 radical (unpaired) electrons. The van der Waals surface area contributed by atoms with E-state index in [0.717, 1.165) is 82.2 Å². The van der Waals surface area contributed by atoms with Crippen LogP contribution in [0.3, 0.4) is 0 Å². The maximum atomic E-state index is 12.8. The molecule has 47 heavy (non-hydrogen) atoms. The smallest absolute Gasteiger partial charge is 0.407 e. The molecule has 1 saturated heterocycles. The topological polar surface area (TPSA) is 138 Å². The number of hydrogen-bond donors (Lipinski definition) is 3. The van der Waals surface area contributed by atoms with Crippen LogP contribution in [0.1, 0.15) is 55.9 Å². The molecule has 12 nitrogen and oxygen atoms in total. The highest BCUT2D eigenvalue weighted by Crippen LogP contribution is 2.51. The third-order valence-corrected chi connectivity index (χ3v) is 9.80. The van der Waals surface area contributed by atoms with E-state index in [2.05, 4.69) is 56.0 Å². The van der Waals surface area contributed by atoms with E-state index in [0.29, 0.717) is 36.4 Å². The number of halogens is 1. The summed E-state index contributed by atoms with van der Waals surface area (Å²) in [5, 5.41) is 2.97. The lowest BCUT2D eigenvalue weighted by Gasteiger charge is -2.30. The number of carbonyl (C=O) groups is 2. The summed E-state index contributed by atoms with van der Waals surface area (Å²) in [4.78, 5) is 44.4. The largest absolute Gasteiger partial charge is 0.488 e. The van der Waals surface area contributed by atoms with Gasteiger partial charge in [0.15, 0.2) is 0 Å². The molecule has 1 fully saturated rings. The second kappa shape index (κ2) is 12.2. The predicted octanol–water partition coefficient (Wildman–Crippen LogP) is 5.61. The number of amides is 2. The molecular formula is C34H38ClN7O5. The zero-order valence-electron chi connectivity index (χ0n) is 27.0. The first kappa shape index (κ1) is 31.1. The number of rotatable bonds is 9. The zero-order chi connectivity index (χ0) is 32.9. The molecule has 2 amide bonds. The third kappa shape index (κ3) is 5.59. The van der Waals surface area contributed by atoms with Crippen molar-refractivity contribution < 1.29 is 23.8 Å². The Kier molecular flexibility index (Phi) is 8.09. The Morgan fingerprint density at radius 1 is 1.11 bits per heavy atom. The normalized spacial score (nSPS) is 17.9. The Morgan fingerprint density at radius 2 is 1.81 bits per heavy atom. The van der Waals surface area contributed by atoms with Crippen LogP contribution in [0.4, 0.5) is 4.79 Å². The molecule has 1 atom stereocenters. The molecule has 0 aliphatic carbocycles. The van der Waals surface area contributed by atoms with Crippen molar-refractivity contribution in [2.45, 2.75) is 58.4 Å². The lowest BCUT2D eigenvalue weighted by molar-refractivity contribution is -0.130. The van der Waals surface area contributed by atoms with Crippen LogP contribution in [0.15, 0.2) is 30.5 Å². The molecule has 2 aromatic carbocycles. The minimum atomic E-state index is -0.647. The average molecular weight is 660 g/mol. The third-order valence-electron chi connectivity index (χ3n) is 9.52. The van der Waals surface area contributed by atoms with E-state index >= 15 is 0 Å². The highest BCUT2D eigenvalue weighted by atomic mass is 35.5. The number of hydrogen-bond acceptors (Lipinski definition) is 8. The van der Waals surface area contributed by atoms with Crippen LogP contribution < -0.4 is 14.8 Å². The van der Waals surface area contributed by atoms with Crippen LogP contribution in [0.5, 0.6) is 11.5 Å². The van der Waals surface area contributed by atoms with Gasteiger partial charge in [-0.15, -0.1) is 0 Å². The number of H-pyrrole nitrogens is 2. The van der Waals surface area contributed by atoms with Crippen LogP contribution in [-0.2, 0) is 34.8 Å². The van der Waals surface area contributed by atoms with E-state index < -0.39 is 6.09 Å². The van der Waals surface area contributed by atoms with Gasteiger partial charge >= 0.3 is 6.09 Å². The van der Waals surface area contributed by atoms with Crippen LogP contribution in [-0.4, -0.2) is 75.5 Å². The molecule has 3 aliphatic heterocycles. The molecule has 0 saturated carbocycles. The Labute approximate surface area is 277 Å². The molecule has 0 bridgehead atoms. The van der Waals surface area contributed by atoms with Gasteiger partial charge < -0.3 is 34.4 Å². The summed E-state index contributed by atoms with van der Waals surface area (Å²) in [6, 6.07) is 8.25. The van der Waals surface area contributed by atoms with Gasteiger partial charge in [-0.25, -0.2) is 14.8 Å². The molecule has 3 aliphatic rings. The van der Waals surface area contributed by atoms with E-state index in [1.165, 1.54) is 7.11 Å². The first-order valence-corrected chi connectivity index (χ1v) is 16.3. The number of likely N-dealkylation sites (tertiary alicyclic amines) is 1. The quantitative estimate of drug-likeness (QED) is 0.211. The van der Waals surface area contributed by atoms with Crippen LogP contribution >= 0.6 is 11.6 Å². The van der Waals surface area contributed by atoms with Crippen molar-refractivity contribution in [2.75, 3.05) is 33.8 Å². The number of aromatic nitrogens is 4. The van der Waals surface area contributed by atoms with Gasteiger partial charge in [-0.2, -0.15) is 0 Å². The van der Waals surface area contributed by atoms with Gasteiger partial charge in [0.1, 0.15) is 53.8 Å². The maximum absolute atomic E-state index is 12.8. The van der Waals surface area contributed by atoms with Gasteiger partial charge in [0.25, 0.3) is 0 Å². The van der Waals surface area contributed by atoms with E-state index in [4.69, 9.17) is 26.1 Å². The number of alkyl carbamates (subject to hydrolysis) is 1.